The molecule has 0 aliphatic heterocycles. The lowest BCUT2D eigenvalue weighted by molar-refractivity contribution is 1.29. The third-order valence-corrected chi connectivity index (χ3v) is 11.3. The van der Waals surface area contributed by atoms with Crippen LogP contribution in [0.3, 0.4) is 0 Å². The van der Waals surface area contributed by atoms with Crippen molar-refractivity contribution in [2.75, 3.05) is 9.80 Å². The minimum absolute atomic E-state index is 1.12. The fourth-order valence-corrected chi connectivity index (χ4v) is 8.86. The molecule has 0 fully saturated rings. The molecule has 0 bridgehead atoms. The van der Waals surface area contributed by atoms with Crippen LogP contribution in [0.15, 0.2) is 218 Å². The molecule has 0 spiro atoms. The van der Waals surface area contributed by atoms with Crippen LogP contribution in [0.4, 0.5) is 34.1 Å². The molecular formula is C54H36N2. The van der Waals surface area contributed by atoms with E-state index < -0.39 is 0 Å². The van der Waals surface area contributed by atoms with Gasteiger partial charge in [-0.1, -0.05) is 133 Å². The van der Waals surface area contributed by atoms with Gasteiger partial charge >= 0.3 is 0 Å². The second kappa shape index (κ2) is 13.2. The van der Waals surface area contributed by atoms with Gasteiger partial charge in [-0.3, -0.25) is 0 Å². The van der Waals surface area contributed by atoms with E-state index in [-0.39, 0.29) is 0 Å². The molecule has 0 saturated carbocycles. The Morgan fingerprint density at radius 3 is 0.714 bits per heavy atom. The van der Waals surface area contributed by atoms with E-state index in [9.17, 15) is 0 Å². The first-order chi connectivity index (χ1) is 27.8. The number of fused-ring (bicyclic) bond motifs is 12. The fourth-order valence-electron chi connectivity index (χ4n) is 8.86. The molecule has 262 valence electrons. The third kappa shape index (κ3) is 5.19. The van der Waals surface area contributed by atoms with E-state index in [4.69, 9.17) is 0 Å². The standard InChI is InChI=1S/C54H36N2/c1-5-17-37(18-6-1)55(38-19-7-2-8-20-38)41-29-31-47-48-32-30-42(56(39-21-9-3-10-22-39)40-23-11-4-12-24-40)34-50(48)54-36-52-46-28-16-14-26-44(46)43-25-13-15-27-45(43)51(52)35-53(54)49(47)33-41/h1-36H. The molecule has 56 heavy (non-hydrogen) atoms. The number of rotatable bonds is 6. The van der Waals surface area contributed by atoms with Gasteiger partial charge in [-0.15, -0.1) is 0 Å². The average Bonchev–Trinajstić information content (AvgIpc) is 3.28. The van der Waals surface area contributed by atoms with Crippen molar-refractivity contribution in [3.63, 3.8) is 0 Å². The Morgan fingerprint density at radius 2 is 0.393 bits per heavy atom. The Bertz CT molecular complexity index is 2930. The van der Waals surface area contributed by atoms with E-state index in [1.165, 1.54) is 64.6 Å². The van der Waals surface area contributed by atoms with Crippen molar-refractivity contribution in [2.45, 2.75) is 0 Å². The van der Waals surface area contributed by atoms with E-state index in [1.807, 2.05) is 0 Å². The monoisotopic (exact) mass is 712 g/mol. The Morgan fingerprint density at radius 1 is 0.161 bits per heavy atom. The van der Waals surface area contributed by atoms with Gasteiger partial charge in [0.05, 0.1) is 0 Å². The maximum atomic E-state index is 2.47. The molecule has 2 nitrogen and oxygen atoms in total. The van der Waals surface area contributed by atoms with Crippen molar-refractivity contribution in [2.24, 2.45) is 0 Å². The first-order valence-electron chi connectivity index (χ1n) is 19.3. The van der Waals surface area contributed by atoms with E-state index in [2.05, 4.69) is 228 Å². The minimum atomic E-state index is 1.12. The summed E-state index contributed by atoms with van der Waals surface area (Å²) in [5.74, 6) is 0. The zero-order chi connectivity index (χ0) is 37.0. The van der Waals surface area contributed by atoms with Crippen LogP contribution < -0.4 is 9.80 Å². The summed E-state index contributed by atoms with van der Waals surface area (Å²) in [4.78, 5) is 4.72. The third-order valence-electron chi connectivity index (χ3n) is 11.3. The zero-order valence-corrected chi connectivity index (χ0v) is 30.7. The molecular weight excluding hydrogens is 677 g/mol. The molecule has 0 amide bonds. The normalized spacial score (nSPS) is 11.6. The van der Waals surface area contributed by atoms with Crippen LogP contribution in [0.2, 0.25) is 0 Å². The summed E-state index contributed by atoms with van der Waals surface area (Å²) in [6, 6.07) is 79.5. The smallest absolute Gasteiger partial charge is 0.0468 e. The number of hydrogen-bond acceptors (Lipinski definition) is 2. The maximum absolute atomic E-state index is 2.47. The highest BCUT2D eigenvalue weighted by atomic mass is 15.1. The van der Waals surface area contributed by atoms with Gasteiger partial charge in [-0.2, -0.15) is 0 Å². The Labute approximate surface area is 325 Å². The molecule has 0 N–H and O–H groups in total. The van der Waals surface area contributed by atoms with Crippen LogP contribution in [-0.2, 0) is 0 Å². The topological polar surface area (TPSA) is 6.48 Å². The van der Waals surface area contributed by atoms with Crippen molar-refractivity contribution in [3.05, 3.63) is 218 Å². The molecule has 0 unspecified atom stereocenters. The lowest BCUT2D eigenvalue weighted by Gasteiger charge is -2.27. The highest BCUT2D eigenvalue weighted by molar-refractivity contribution is 6.33. The summed E-state index contributed by atoms with van der Waals surface area (Å²) in [6.07, 6.45) is 0. The second-order valence-corrected chi connectivity index (χ2v) is 14.5. The first kappa shape index (κ1) is 32.0. The van der Waals surface area contributed by atoms with Crippen LogP contribution >= 0.6 is 0 Å². The highest BCUT2D eigenvalue weighted by Crippen LogP contribution is 2.46. The molecule has 0 aliphatic rings. The summed E-state index contributed by atoms with van der Waals surface area (Å²) < 4.78 is 0. The second-order valence-electron chi connectivity index (χ2n) is 14.5. The summed E-state index contributed by atoms with van der Waals surface area (Å²) in [5, 5.41) is 15.1. The van der Waals surface area contributed by atoms with Crippen LogP contribution in [0.25, 0.3) is 64.6 Å². The van der Waals surface area contributed by atoms with Gasteiger partial charge in [0, 0.05) is 34.1 Å². The quantitative estimate of drug-likeness (QED) is 0.125. The van der Waals surface area contributed by atoms with Crippen molar-refractivity contribution in [3.8, 4) is 0 Å². The number of para-hydroxylation sites is 4. The summed E-state index contributed by atoms with van der Waals surface area (Å²) in [7, 11) is 0. The van der Waals surface area contributed by atoms with Crippen molar-refractivity contribution >= 4 is 98.8 Å². The van der Waals surface area contributed by atoms with Crippen molar-refractivity contribution < 1.29 is 0 Å². The molecule has 11 aromatic carbocycles. The van der Waals surface area contributed by atoms with E-state index in [0.29, 0.717) is 0 Å². The molecule has 0 saturated heterocycles. The molecule has 11 aromatic rings. The summed E-state index contributed by atoms with van der Waals surface area (Å²) in [6.45, 7) is 0. The van der Waals surface area contributed by atoms with Crippen molar-refractivity contribution in [1.82, 2.24) is 0 Å². The summed E-state index contributed by atoms with van der Waals surface area (Å²) >= 11 is 0. The lowest BCUT2D eigenvalue weighted by Crippen LogP contribution is -2.10. The largest absolute Gasteiger partial charge is 0.310 e. The molecule has 2 heteroatoms. The molecule has 0 atom stereocenters. The number of anilines is 6. The zero-order valence-electron chi connectivity index (χ0n) is 30.7. The van der Waals surface area contributed by atoms with Gasteiger partial charge in [-0.25, -0.2) is 0 Å². The minimum Gasteiger partial charge on any atom is -0.310 e. The Balaban J connectivity index is 1.27. The van der Waals surface area contributed by atoms with Gasteiger partial charge in [0.25, 0.3) is 0 Å². The fraction of sp³-hybridized carbons (Fsp3) is 0. The van der Waals surface area contributed by atoms with Gasteiger partial charge < -0.3 is 9.80 Å². The average molecular weight is 713 g/mol. The molecule has 0 aromatic heterocycles. The van der Waals surface area contributed by atoms with Crippen LogP contribution in [0.1, 0.15) is 0 Å². The van der Waals surface area contributed by atoms with Crippen LogP contribution in [-0.4, -0.2) is 0 Å². The summed E-state index contributed by atoms with van der Waals surface area (Å²) in [5.41, 5.74) is 6.73. The van der Waals surface area contributed by atoms with E-state index in [1.54, 1.807) is 0 Å². The predicted octanol–water partition coefficient (Wildman–Crippen LogP) is 15.5. The van der Waals surface area contributed by atoms with Crippen LogP contribution in [0, 0.1) is 0 Å². The van der Waals surface area contributed by atoms with Gasteiger partial charge in [0.1, 0.15) is 0 Å². The highest BCUT2D eigenvalue weighted by Gasteiger charge is 2.19. The predicted molar refractivity (Wildman–Crippen MR) is 241 cm³/mol. The molecule has 11 rings (SSSR count). The molecule has 0 heterocycles. The maximum Gasteiger partial charge on any atom is 0.0468 e. The van der Waals surface area contributed by atoms with Gasteiger partial charge in [-0.05, 0) is 150 Å². The first-order valence-corrected chi connectivity index (χ1v) is 19.3. The van der Waals surface area contributed by atoms with Crippen LogP contribution in [0.5, 0.6) is 0 Å². The molecule has 0 aliphatic carbocycles. The lowest BCUT2D eigenvalue weighted by atomic mass is 9.88. The van der Waals surface area contributed by atoms with E-state index in [0.717, 1.165) is 34.1 Å². The number of nitrogens with zero attached hydrogens (tertiary/aromatic N) is 2. The number of benzene rings is 11. The Kier molecular flexibility index (Phi) is 7.53. The molecule has 0 radical (unpaired) electrons. The van der Waals surface area contributed by atoms with Gasteiger partial charge in [0.2, 0.25) is 0 Å². The Hall–Kier alpha value is -7.42. The van der Waals surface area contributed by atoms with Gasteiger partial charge in [0.15, 0.2) is 0 Å². The number of hydrogen-bond donors (Lipinski definition) is 0. The SMILES string of the molecule is c1ccc(N(c2ccccc2)c2ccc3c4ccc(N(c5ccccc5)c5ccccc5)cc4c4cc5c6ccccc6c6ccccc6c5cc4c3c2)cc1. The van der Waals surface area contributed by atoms with Crippen molar-refractivity contribution in [1.29, 1.82) is 0 Å². The van der Waals surface area contributed by atoms with E-state index >= 15 is 0 Å².